The number of H-pyrrole nitrogens is 1. The van der Waals surface area contributed by atoms with Gasteiger partial charge >= 0.3 is 0 Å². The zero-order chi connectivity index (χ0) is 20.4. The van der Waals surface area contributed by atoms with Gasteiger partial charge in [0, 0.05) is 30.9 Å². The first kappa shape index (κ1) is 19.6. The summed E-state index contributed by atoms with van der Waals surface area (Å²) in [4.78, 5) is 26.9. The number of aromatic amines is 1. The average molecular weight is 400 g/mol. The standard InChI is InChI=1S/C20H28N6O3/c1-13-11-15(23-22-13)20(29)21-12-14-5-2-3-10-25(14)18-8-9-19(28)26(24-18)16-6-4-7-17(16)27/h8-9,11,14,16-17,27H,2-7,10,12H2,1H3,(H,21,29)(H,22,23). The van der Waals surface area contributed by atoms with Gasteiger partial charge in [-0.3, -0.25) is 14.7 Å². The maximum absolute atomic E-state index is 12.4. The Kier molecular flexibility index (Phi) is 5.66. The first-order valence-corrected chi connectivity index (χ1v) is 10.4. The van der Waals surface area contributed by atoms with Crippen LogP contribution in [-0.2, 0) is 0 Å². The lowest BCUT2D eigenvalue weighted by Crippen LogP contribution is -2.48. The molecular formula is C20H28N6O3. The van der Waals surface area contributed by atoms with Gasteiger partial charge in [-0.15, -0.1) is 0 Å². The number of aliphatic hydroxyl groups is 1. The lowest BCUT2D eigenvalue weighted by atomic mass is 10.0. The Labute approximate surface area is 169 Å². The van der Waals surface area contributed by atoms with Gasteiger partial charge in [-0.2, -0.15) is 10.2 Å². The molecule has 2 aromatic heterocycles. The first-order valence-electron chi connectivity index (χ1n) is 10.4. The van der Waals surface area contributed by atoms with Gasteiger partial charge in [0.2, 0.25) is 0 Å². The van der Waals surface area contributed by atoms with Crippen molar-refractivity contribution in [1.82, 2.24) is 25.3 Å². The van der Waals surface area contributed by atoms with Gasteiger partial charge in [-0.1, -0.05) is 0 Å². The van der Waals surface area contributed by atoms with Crippen molar-refractivity contribution in [2.45, 2.75) is 63.6 Å². The van der Waals surface area contributed by atoms with Crippen LogP contribution in [0.25, 0.3) is 0 Å². The second-order valence-corrected chi connectivity index (χ2v) is 8.03. The van der Waals surface area contributed by atoms with Crippen LogP contribution >= 0.6 is 0 Å². The molecular weight excluding hydrogens is 372 g/mol. The molecule has 29 heavy (non-hydrogen) atoms. The third-order valence-electron chi connectivity index (χ3n) is 5.93. The molecule has 1 amide bonds. The summed E-state index contributed by atoms with van der Waals surface area (Å²) in [6, 6.07) is 4.84. The average Bonchev–Trinajstić information content (AvgIpc) is 3.35. The minimum Gasteiger partial charge on any atom is -0.391 e. The zero-order valence-corrected chi connectivity index (χ0v) is 16.7. The van der Waals surface area contributed by atoms with Gasteiger partial charge in [0.05, 0.1) is 12.1 Å². The molecule has 3 N–H and O–H groups in total. The molecule has 0 aromatic carbocycles. The molecule has 156 valence electrons. The highest BCUT2D eigenvalue weighted by Gasteiger charge is 2.30. The Bertz CT molecular complexity index is 923. The molecule has 3 atom stereocenters. The fraction of sp³-hybridized carbons (Fsp3) is 0.600. The zero-order valence-electron chi connectivity index (χ0n) is 16.7. The molecule has 9 nitrogen and oxygen atoms in total. The summed E-state index contributed by atoms with van der Waals surface area (Å²) >= 11 is 0. The molecule has 4 rings (SSSR count). The molecule has 2 fully saturated rings. The van der Waals surface area contributed by atoms with Crippen LogP contribution < -0.4 is 15.8 Å². The van der Waals surface area contributed by atoms with Crippen LogP contribution in [0.4, 0.5) is 5.82 Å². The van der Waals surface area contributed by atoms with Gasteiger partial charge < -0.3 is 15.3 Å². The Hall–Kier alpha value is -2.68. The number of piperidine rings is 1. The summed E-state index contributed by atoms with van der Waals surface area (Å²) in [5.74, 6) is 0.519. The SMILES string of the molecule is Cc1cc(C(=O)NCC2CCCCN2c2ccc(=O)n(C3CCCC3O)n2)n[nH]1. The molecule has 1 saturated heterocycles. The largest absolute Gasteiger partial charge is 0.391 e. The first-order chi connectivity index (χ1) is 14.0. The molecule has 9 heteroatoms. The minimum atomic E-state index is -0.524. The quantitative estimate of drug-likeness (QED) is 0.693. The normalized spacial score (nSPS) is 24.6. The van der Waals surface area contributed by atoms with Gasteiger partial charge in [0.1, 0.15) is 11.5 Å². The molecule has 0 bridgehead atoms. The molecule has 3 unspecified atom stereocenters. The van der Waals surface area contributed by atoms with Crippen LogP contribution in [0.3, 0.4) is 0 Å². The van der Waals surface area contributed by atoms with Crippen LogP contribution in [-0.4, -0.2) is 56.2 Å². The number of carbonyl (C=O) groups is 1. The molecule has 1 saturated carbocycles. The molecule has 1 aliphatic heterocycles. The van der Waals surface area contributed by atoms with Crippen molar-refractivity contribution in [3.63, 3.8) is 0 Å². The van der Waals surface area contributed by atoms with Crippen LogP contribution in [0, 0.1) is 6.92 Å². The van der Waals surface area contributed by atoms with Crippen molar-refractivity contribution in [1.29, 1.82) is 0 Å². The number of aliphatic hydroxyl groups excluding tert-OH is 1. The van der Waals surface area contributed by atoms with Crippen molar-refractivity contribution >= 4 is 11.7 Å². The maximum atomic E-state index is 12.4. The van der Waals surface area contributed by atoms with E-state index in [-0.39, 0.29) is 23.6 Å². The van der Waals surface area contributed by atoms with Crippen LogP contribution in [0.15, 0.2) is 23.0 Å². The Morgan fingerprint density at radius 1 is 1.28 bits per heavy atom. The van der Waals surface area contributed by atoms with Crippen LogP contribution in [0.2, 0.25) is 0 Å². The van der Waals surface area contributed by atoms with Crippen LogP contribution in [0.1, 0.15) is 60.7 Å². The van der Waals surface area contributed by atoms with Crippen molar-refractivity contribution in [2.24, 2.45) is 0 Å². The molecule has 0 radical (unpaired) electrons. The Morgan fingerprint density at radius 2 is 2.14 bits per heavy atom. The minimum absolute atomic E-state index is 0.0969. The summed E-state index contributed by atoms with van der Waals surface area (Å²) in [5, 5.41) is 24.6. The predicted molar refractivity (Wildman–Crippen MR) is 108 cm³/mol. The lowest BCUT2D eigenvalue weighted by molar-refractivity contribution is 0.0944. The summed E-state index contributed by atoms with van der Waals surface area (Å²) in [6.07, 6.45) is 4.90. The van der Waals surface area contributed by atoms with Crippen molar-refractivity contribution in [3.05, 3.63) is 39.9 Å². The Balaban J connectivity index is 1.50. The van der Waals surface area contributed by atoms with Gasteiger partial charge in [-0.25, -0.2) is 4.68 Å². The van der Waals surface area contributed by atoms with E-state index in [2.05, 4.69) is 25.5 Å². The van der Waals surface area contributed by atoms with E-state index in [1.165, 1.54) is 10.7 Å². The van der Waals surface area contributed by atoms with E-state index in [0.29, 0.717) is 18.7 Å². The molecule has 3 heterocycles. The summed E-state index contributed by atoms with van der Waals surface area (Å²) in [7, 11) is 0. The number of nitrogens with zero attached hydrogens (tertiary/aromatic N) is 4. The monoisotopic (exact) mass is 400 g/mol. The highest BCUT2D eigenvalue weighted by atomic mass is 16.3. The number of amides is 1. The summed E-state index contributed by atoms with van der Waals surface area (Å²) in [6.45, 7) is 3.16. The number of aromatic nitrogens is 4. The van der Waals surface area contributed by atoms with E-state index in [4.69, 9.17) is 0 Å². The number of hydrogen-bond acceptors (Lipinski definition) is 6. The number of nitrogens with one attached hydrogen (secondary N) is 2. The highest BCUT2D eigenvalue weighted by Crippen LogP contribution is 2.29. The van der Waals surface area contributed by atoms with Gasteiger partial charge in [0.25, 0.3) is 11.5 Å². The van der Waals surface area contributed by atoms with E-state index in [0.717, 1.165) is 50.2 Å². The Morgan fingerprint density at radius 3 is 2.86 bits per heavy atom. The molecule has 2 aliphatic rings. The lowest BCUT2D eigenvalue weighted by Gasteiger charge is -2.37. The third kappa shape index (κ3) is 4.19. The van der Waals surface area contributed by atoms with E-state index in [1.807, 2.05) is 6.92 Å². The molecule has 2 aromatic rings. The van der Waals surface area contributed by atoms with E-state index in [9.17, 15) is 14.7 Å². The highest BCUT2D eigenvalue weighted by molar-refractivity contribution is 5.92. The van der Waals surface area contributed by atoms with E-state index in [1.54, 1.807) is 12.1 Å². The number of carbonyl (C=O) groups excluding carboxylic acids is 1. The third-order valence-corrected chi connectivity index (χ3v) is 5.93. The fourth-order valence-corrected chi connectivity index (χ4v) is 4.36. The maximum Gasteiger partial charge on any atom is 0.271 e. The van der Waals surface area contributed by atoms with Crippen molar-refractivity contribution < 1.29 is 9.90 Å². The van der Waals surface area contributed by atoms with Crippen LogP contribution in [0.5, 0.6) is 0 Å². The number of aryl methyl sites for hydroxylation is 1. The number of rotatable bonds is 5. The molecule has 1 aliphatic carbocycles. The smallest absolute Gasteiger partial charge is 0.271 e. The topological polar surface area (TPSA) is 116 Å². The fourth-order valence-electron chi connectivity index (χ4n) is 4.36. The predicted octanol–water partition coefficient (Wildman–Crippen LogP) is 1.15. The van der Waals surface area contributed by atoms with Crippen molar-refractivity contribution in [2.75, 3.05) is 18.0 Å². The second-order valence-electron chi connectivity index (χ2n) is 8.03. The second kappa shape index (κ2) is 8.36. The van der Waals surface area contributed by atoms with Gasteiger partial charge in [0.15, 0.2) is 0 Å². The summed E-state index contributed by atoms with van der Waals surface area (Å²) < 4.78 is 1.45. The van der Waals surface area contributed by atoms with E-state index >= 15 is 0 Å². The number of anilines is 1. The number of hydrogen-bond donors (Lipinski definition) is 3. The van der Waals surface area contributed by atoms with Crippen molar-refractivity contribution in [3.8, 4) is 0 Å². The summed E-state index contributed by atoms with van der Waals surface area (Å²) in [5.41, 5.74) is 1.04. The van der Waals surface area contributed by atoms with Gasteiger partial charge in [-0.05, 0) is 57.6 Å². The molecule has 0 spiro atoms. The van der Waals surface area contributed by atoms with E-state index < -0.39 is 6.10 Å².